The van der Waals surface area contributed by atoms with Crippen LogP contribution in [0.5, 0.6) is 11.5 Å². The van der Waals surface area contributed by atoms with Crippen LogP contribution in [-0.4, -0.2) is 32.6 Å². The first-order valence-corrected chi connectivity index (χ1v) is 8.90. The van der Waals surface area contributed by atoms with Crippen LogP contribution in [-0.2, 0) is 9.59 Å². The summed E-state index contributed by atoms with van der Waals surface area (Å²) in [5.41, 5.74) is 1.33. The molecule has 0 aliphatic carbocycles. The first-order valence-electron chi connectivity index (χ1n) is 8.10. The van der Waals surface area contributed by atoms with E-state index in [-0.39, 0.29) is 18.2 Å². The summed E-state index contributed by atoms with van der Waals surface area (Å²) in [6.45, 7) is 0.307. The lowest BCUT2D eigenvalue weighted by Gasteiger charge is -2.20. The third-order valence-electron chi connectivity index (χ3n) is 4.27. The smallest absolute Gasteiger partial charge is 0.229 e. The summed E-state index contributed by atoms with van der Waals surface area (Å²) in [6.07, 6.45) is 0.162. The number of ether oxygens (including phenoxy) is 2. The molecule has 1 aliphatic rings. The first-order chi connectivity index (χ1) is 12.5. The minimum atomic E-state index is -0.423. The molecule has 1 heterocycles. The van der Waals surface area contributed by atoms with Crippen LogP contribution in [0.4, 0.5) is 11.4 Å². The molecule has 2 amide bonds. The summed E-state index contributed by atoms with van der Waals surface area (Å²) < 4.78 is 11.4. The summed E-state index contributed by atoms with van der Waals surface area (Å²) in [4.78, 5) is 26.6. The summed E-state index contributed by atoms with van der Waals surface area (Å²) in [6, 6.07) is 12.6. The fourth-order valence-electron chi connectivity index (χ4n) is 2.93. The highest BCUT2D eigenvalue weighted by Crippen LogP contribution is 2.36. The van der Waals surface area contributed by atoms with Gasteiger partial charge in [0.05, 0.1) is 25.8 Å². The Morgan fingerprint density at radius 1 is 1.19 bits per heavy atom. The van der Waals surface area contributed by atoms with Gasteiger partial charge in [0, 0.05) is 29.2 Å². The highest BCUT2D eigenvalue weighted by molar-refractivity contribution is 9.10. The van der Waals surface area contributed by atoms with E-state index in [1.807, 2.05) is 24.3 Å². The number of benzene rings is 2. The monoisotopic (exact) mass is 418 g/mol. The van der Waals surface area contributed by atoms with E-state index in [4.69, 9.17) is 9.47 Å². The van der Waals surface area contributed by atoms with Crippen molar-refractivity contribution in [3.05, 3.63) is 46.9 Å². The molecule has 7 heteroatoms. The van der Waals surface area contributed by atoms with Crippen molar-refractivity contribution in [2.45, 2.75) is 6.42 Å². The fraction of sp³-hybridized carbons (Fsp3) is 0.263. The molecule has 0 unspecified atom stereocenters. The molecule has 0 radical (unpaired) electrons. The molecule has 0 bridgehead atoms. The van der Waals surface area contributed by atoms with Gasteiger partial charge in [0.1, 0.15) is 11.5 Å². The van der Waals surface area contributed by atoms with Gasteiger partial charge in [-0.2, -0.15) is 0 Å². The molecule has 1 fully saturated rings. The van der Waals surface area contributed by atoms with E-state index in [1.54, 1.807) is 30.2 Å². The van der Waals surface area contributed by atoms with Gasteiger partial charge in [-0.1, -0.05) is 22.0 Å². The van der Waals surface area contributed by atoms with Gasteiger partial charge in [0.15, 0.2) is 0 Å². The Hall–Kier alpha value is -2.54. The molecule has 0 spiro atoms. The minimum Gasteiger partial charge on any atom is -0.497 e. The topological polar surface area (TPSA) is 67.9 Å². The lowest BCUT2D eigenvalue weighted by atomic mass is 10.1. The summed E-state index contributed by atoms with van der Waals surface area (Å²) in [5.74, 6) is 0.467. The quantitative estimate of drug-likeness (QED) is 0.806. The van der Waals surface area contributed by atoms with Crippen LogP contribution < -0.4 is 19.7 Å². The van der Waals surface area contributed by atoms with Crippen molar-refractivity contribution in [1.29, 1.82) is 0 Å². The van der Waals surface area contributed by atoms with Crippen molar-refractivity contribution in [1.82, 2.24) is 0 Å². The number of anilines is 2. The SMILES string of the molecule is COc1ccc(N2C[C@H](C(=O)Nc3cccc(Br)c3)CC2=O)c(OC)c1. The summed E-state index contributed by atoms with van der Waals surface area (Å²) >= 11 is 3.38. The number of amides is 2. The average molecular weight is 419 g/mol. The Bertz CT molecular complexity index is 840. The van der Waals surface area contributed by atoms with Crippen LogP contribution in [0.2, 0.25) is 0 Å². The van der Waals surface area contributed by atoms with Gasteiger partial charge >= 0.3 is 0 Å². The van der Waals surface area contributed by atoms with Crippen LogP contribution in [0.25, 0.3) is 0 Å². The van der Waals surface area contributed by atoms with Crippen LogP contribution in [0.3, 0.4) is 0 Å². The zero-order valence-corrected chi connectivity index (χ0v) is 16.1. The molecular weight excluding hydrogens is 400 g/mol. The normalized spacial score (nSPS) is 16.5. The number of halogens is 1. The van der Waals surface area contributed by atoms with Crippen LogP contribution in [0, 0.1) is 5.92 Å². The number of hydrogen-bond acceptors (Lipinski definition) is 4. The van der Waals surface area contributed by atoms with Gasteiger partial charge in [0.25, 0.3) is 0 Å². The molecule has 1 atom stereocenters. The second kappa shape index (κ2) is 7.78. The highest BCUT2D eigenvalue weighted by Gasteiger charge is 2.36. The standard InChI is InChI=1S/C19H19BrN2O4/c1-25-15-6-7-16(17(10-15)26-2)22-11-12(8-18(22)23)19(24)21-14-5-3-4-13(20)9-14/h3-7,9-10,12H,8,11H2,1-2H3,(H,21,24)/t12-/m1/s1. The molecule has 1 N–H and O–H groups in total. The van der Waals surface area contributed by atoms with E-state index in [9.17, 15) is 9.59 Å². The molecule has 1 saturated heterocycles. The van der Waals surface area contributed by atoms with E-state index in [2.05, 4.69) is 21.2 Å². The molecule has 2 aromatic rings. The van der Waals surface area contributed by atoms with Gasteiger partial charge in [0.2, 0.25) is 11.8 Å². The molecule has 0 aromatic heterocycles. The van der Waals surface area contributed by atoms with E-state index in [0.29, 0.717) is 29.4 Å². The summed E-state index contributed by atoms with van der Waals surface area (Å²) in [7, 11) is 3.11. The Balaban J connectivity index is 1.75. The van der Waals surface area contributed by atoms with Crippen LogP contribution in [0.15, 0.2) is 46.9 Å². The van der Waals surface area contributed by atoms with E-state index < -0.39 is 5.92 Å². The average Bonchev–Trinajstić information content (AvgIpc) is 3.03. The number of hydrogen-bond donors (Lipinski definition) is 1. The third kappa shape index (κ3) is 3.83. The third-order valence-corrected chi connectivity index (χ3v) is 4.76. The van der Waals surface area contributed by atoms with Gasteiger partial charge in [-0.05, 0) is 30.3 Å². The first kappa shape index (κ1) is 18.3. The maximum atomic E-state index is 12.5. The van der Waals surface area contributed by atoms with Gasteiger partial charge in [-0.25, -0.2) is 0 Å². The van der Waals surface area contributed by atoms with E-state index in [1.165, 1.54) is 7.11 Å². The number of nitrogens with zero attached hydrogens (tertiary/aromatic N) is 1. The van der Waals surface area contributed by atoms with Crippen LogP contribution >= 0.6 is 15.9 Å². The maximum Gasteiger partial charge on any atom is 0.229 e. The van der Waals surface area contributed by atoms with Crippen molar-refractivity contribution < 1.29 is 19.1 Å². The van der Waals surface area contributed by atoms with Crippen molar-refractivity contribution >= 4 is 39.1 Å². The maximum absolute atomic E-state index is 12.5. The Morgan fingerprint density at radius 2 is 2.00 bits per heavy atom. The molecule has 0 saturated carbocycles. The van der Waals surface area contributed by atoms with E-state index >= 15 is 0 Å². The largest absolute Gasteiger partial charge is 0.497 e. The van der Waals surface area contributed by atoms with Gasteiger partial charge < -0.3 is 19.7 Å². The van der Waals surface area contributed by atoms with Crippen molar-refractivity contribution in [3.63, 3.8) is 0 Å². The minimum absolute atomic E-state index is 0.108. The Morgan fingerprint density at radius 3 is 2.69 bits per heavy atom. The van der Waals surface area contributed by atoms with Crippen LogP contribution in [0.1, 0.15) is 6.42 Å². The van der Waals surface area contributed by atoms with Gasteiger partial charge in [-0.15, -0.1) is 0 Å². The molecule has 2 aromatic carbocycles. The zero-order chi connectivity index (χ0) is 18.7. The molecule has 3 rings (SSSR count). The van der Waals surface area contributed by atoms with Gasteiger partial charge in [-0.3, -0.25) is 9.59 Å². The molecule has 6 nitrogen and oxygen atoms in total. The van der Waals surface area contributed by atoms with Crippen molar-refractivity contribution in [2.24, 2.45) is 5.92 Å². The fourth-order valence-corrected chi connectivity index (χ4v) is 3.33. The Kier molecular flexibility index (Phi) is 5.46. The number of methoxy groups -OCH3 is 2. The van der Waals surface area contributed by atoms with E-state index in [0.717, 1.165) is 4.47 Å². The van der Waals surface area contributed by atoms with Crippen molar-refractivity contribution in [3.8, 4) is 11.5 Å². The predicted molar refractivity (Wildman–Crippen MR) is 103 cm³/mol. The van der Waals surface area contributed by atoms with Crippen molar-refractivity contribution in [2.75, 3.05) is 31.0 Å². The summed E-state index contributed by atoms with van der Waals surface area (Å²) in [5, 5.41) is 2.87. The number of carbonyl (C=O) groups is 2. The molecule has 136 valence electrons. The second-order valence-electron chi connectivity index (χ2n) is 5.94. The Labute approximate surface area is 160 Å². The molecular formula is C19H19BrN2O4. The zero-order valence-electron chi connectivity index (χ0n) is 14.5. The number of carbonyl (C=O) groups excluding carboxylic acids is 2. The lowest BCUT2D eigenvalue weighted by molar-refractivity contribution is -0.122. The highest BCUT2D eigenvalue weighted by atomic mass is 79.9. The molecule has 1 aliphatic heterocycles. The predicted octanol–water partition coefficient (Wildman–Crippen LogP) is 3.46. The number of nitrogens with one attached hydrogen (secondary N) is 1. The second-order valence-corrected chi connectivity index (χ2v) is 6.86. The lowest BCUT2D eigenvalue weighted by Crippen LogP contribution is -2.28. The number of rotatable bonds is 5. The molecule has 26 heavy (non-hydrogen) atoms.